The zero-order valence-electron chi connectivity index (χ0n) is 9.97. The van der Waals surface area contributed by atoms with E-state index in [2.05, 4.69) is 9.38 Å². The van der Waals surface area contributed by atoms with Crippen LogP contribution in [0.25, 0.3) is 5.52 Å². The Morgan fingerprint density at radius 2 is 2.06 bits per heavy atom. The van der Waals surface area contributed by atoms with Crippen LogP contribution in [0.4, 0.5) is 0 Å². The maximum Gasteiger partial charge on any atom is 0.247 e. The Kier molecular flexibility index (Phi) is 2.85. The molecule has 3 rings (SSSR count). The van der Waals surface area contributed by atoms with Crippen LogP contribution in [-0.2, 0) is 0 Å². The van der Waals surface area contributed by atoms with Gasteiger partial charge in [-0.3, -0.25) is 0 Å². The summed E-state index contributed by atoms with van der Waals surface area (Å²) in [5, 5.41) is 10.5. The standard InChI is InChI=1S/C14H18N2O/c17-14(11-5-2-1-3-6-11)13-8-4-7-12-9-15-10-16(12)13/h4,7-11,14,17H,1-3,5-6H2/p+1/t14-/m0/s1. The predicted octanol–water partition coefficient (Wildman–Crippen LogP) is 2.37. The Balaban J connectivity index is 1.94. The molecule has 0 unspecified atom stereocenters. The largest absolute Gasteiger partial charge is 0.384 e. The summed E-state index contributed by atoms with van der Waals surface area (Å²) in [6.45, 7) is 0. The van der Waals surface area contributed by atoms with Gasteiger partial charge in [-0.15, -0.1) is 0 Å². The summed E-state index contributed by atoms with van der Waals surface area (Å²) >= 11 is 0. The molecule has 3 heteroatoms. The molecule has 0 amide bonds. The van der Waals surface area contributed by atoms with Crippen molar-refractivity contribution in [3.8, 4) is 0 Å². The number of pyridine rings is 1. The number of H-pyrrole nitrogens is 1. The second-order valence-corrected chi connectivity index (χ2v) is 5.03. The van der Waals surface area contributed by atoms with Gasteiger partial charge in [-0.05, 0) is 30.9 Å². The predicted molar refractivity (Wildman–Crippen MR) is 65.5 cm³/mol. The van der Waals surface area contributed by atoms with E-state index in [1.165, 1.54) is 19.3 Å². The minimum absolute atomic E-state index is 0.334. The van der Waals surface area contributed by atoms with Crippen LogP contribution in [0.5, 0.6) is 0 Å². The van der Waals surface area contributed by atoms with E-state index in [0.717, 1.165) is 24.1 Å². The van der Waals surface area contributed by atoms with Crippen LogP contribution < -0.4 is 4.40 Å². The molecule has 2 N–H and O–H groups in total. The summed E-state index contributed by atoms with van der Waals surface area (Å²) in [6, 6.07) is 6.10. The number of aromatic amines is 1. The van der Waals surface area contributed by atoms with Crippen LogP contribution in [0, 0.1) is 5.92 Å². The molecular formula is C14H19N2O+. The zero-order chi connectivity index (χ0) is 11.7. The van der Waals surface area contributed by atoms with Gasteiger partial charge in [0.05, 0.1) is 0 Å². The molecule has 17 heavy (non-hydrogen) atoms. The second-order valence-electron chi connectivity index (χ2n) is 5.03. The van der Waals surface area contributed by atoms with E-state index in [-0.39, 0.29) is 6.10 Å². The van der Waals surface area contributed by atoms with E-state index >= 15 is 0 Å². The Labute approximate surface area is 101 Å². The number of nitrogens with one attached hydrogen (secondary N) is 1. The molecule has 1 aliphatic carbocycles. The fourth-order valence-corrected chi connectivity index (χ4v) is 2.95. The van der Waals surface area contributed by atoms with Crippen molar-refractivity contribution in [3.63, 3.8) is 0 Å². The summed E-state index contributed by atoms with van der Waals surface area (Å²) in [7, 11) is 0. The van der Waals surface area contributed by atoms with Crippen molar-refractivity contribution in [3.05, 3.63) is 36.4 Å². The van der Waals surface area contributed by atoms with E-state index in [4.69, 9.17) is 0 Å². The number of hydrogen-bond acceptors (Lipinski definition) is 1. The van der Waals surface area contributed by atoms with E-state index in [9.17, 15) is 5.11 Å². The highest BCUT2D eigenvalue weighted by Crippen LogP contribution is 2.33. The third-order valence-corrected chi connectivity index (χ3v) is 3.92. The second kappa shape index (κ2) is 4.49. The molecule has 2 aromatic rings. The number of imidazole rings is 1. The SMILES string of the molecule is O[C@H](c1cccc2c[nH]c[n+]12)C1CCCCC1. The van der Waals surface area contributed by atoms with Gasteiger partial charge in [0.25, 0.3) is 0 Å². The van der Waals surface area contributed by atoms with Crippen molar-refractivity contribution in [1.82, 2.24) is 4.98 Å². The first-order chi connectivity index (χ1) is 8.36. The Bertz CT molecular complexity index is 500. The fourth-order valence-electron chi connectivity index (χ4n) is 2.95. The monoisotopic (exact) mass is 231 g/mol. The van der Waals surface area contributed by atoms with Gasteiger partial charge in [0.15, 0.2) is 5.52 Å². The van der Waals surface area contributed by atoms with Gasteiger partial charge >= 0.3 is 0 Å². The molecule has 0 radical (unpaired) electrons. The molecule has 0 saturated heterocycles. The minimum Gasteiger partial charge on any atom is -0.384 e. The van der Waals surface area contributed by atoms with Gasteiger partial charge < -0.3 is 5.11 Å². The number of rotatable bonds is 2. The van der Waals surface area contributed by atoms with Gasteiger partial charge in [-0.1, -0.05) is 25.3 Å². The van der Waals surface area contributed by atoms with Crippen molar-refractivity contribution in [2.24, 2.45) is 5.92 Å². The average Bonchev–Trinajstić information content (AvgIpc) is 2.87. The van der Waals surface area contributed by atoms with Gasteiger partial charge in [0.1, 0.15) is 18.0 Å². The van der Waals surface area contributed by atoms with Crippen LogP contribution in [-0.4, -0.2) is 10.1 Å². The fraction of sp³-hybridized carbons (Fsp3) is 0.500. The Hall–Kier alpha value is -1.35. The van der Waals surface area contributed by atoms with Gasteiger partial charge in [-0.25, -0.2) is 4.98 Å². The smallest absolute Gasteiger partial charge is 0.247 e. The molecule has 0 aromatic carbocycles. The first-order valence-corrected chi connectivity index (χ1v) is 6.51. The molecule has 2 heterocycles. The molecule has 1 atom stereocenters. The highest BCUT2D eigenvalue weighted by atomic mass is 16.3. The number of fused-ring (bicyclic) bond motifs is 1. The van der Waals surface area contributed by atoms with Crippen molar-refractivity contribution in [2.45, 2.75) is 38.2 Å². The molecule has 0 spiro atoms. The van der Waals surface area contributed by atoms with E-state index in [1.807, 2.05) is 30.7 Å². The van der Waals surface area contributed by atoms with Crippen molar-refractivity contribution < 1.29 is 9.51 Å². The molecule has 1 aliphatic rings. The lowest BCUT2D eigenvalue weighted by molar-refractivity contribution is -0.528. The number of nitrogens with zero attached hydrogens (tertiary/aromatic N) is 1. The molecule has 1 fully saturated rings. The van der Waals surface area contributed by atoms with Crippen LogP contribution in [0.2, 0.25) is 0 Å². The molecule has 0 bridgehead atoms. The minimum atomic E-state index is -0.334. The summed E-state index contributed by atoms with van der Waals surface area (Å²) in [6.07, 6.45) is 9.69. The molecular weight excluding hydrogens is 212 g/mol. The van der Waals surface area contributed by atoms with Crippen molar-refractivity contribution >= 4 is 5.52 Å². The number of aromatic nitrogens is 2. The lowest BCUT2D eigenvalue weighted by Crippen LogP contribution is -2.30. The van der Waals surface area contributed by atoms with E-state index in [1.54, 1.807) is 0 Å². The summed E-state index contributed by atoms with van der Waals surface area (Å²) in [5.41, 5.74) is 2.12. The Morgan fingerprint density at radius 3 is 2.88 bits per heavy atom. The van der Waals surface area contributed by atoms with Crippen LogP contribution >= 0.6 is 0 Å². The summed E-state index contributed by atoms with van der Waals surface area (Å²) in [4.78, 5) is 3.09. The highest BCUT2D eigenvalue weighted by molar-refractivity contribution is 5.36. The van der Waals surface area contributed by atoms with Crippen LogP contribution in [0.15, 0.2) is 30.7 Å². The third kappa shape index (κ3) is 1.95. The molecule has 2 aromatic heterocycles. The maximum atomic E-state index is 10.5. The topological polar surface area (TPSA) is 40.1 Å². The molecule has 90 valence electrons. The molecule has 3 nitrogen and oxygen atoms in total. The summed E-state index contributed by atoms with van der Waals surface area (Å²) < 4.78 is 2.05. The quantitative estimate of drug-likeness (QED) is 0.765. The number of aliphatic hydroxyl groups is 1. The Morgan fingerprint density at radius 1 is 1.24 bits per heavy atom. The van der Waals surface area contributed by atoms with E-state index in [0.29, 0.717) is 5.92 Å². The van der Waals surface area contributed by atoms with Gasteiger partial charge in [0.2, 0.25) is 6.33 Å². The van der Waals surface area contributed by atoms with Gasteiger partial charge in [-0.2, -0.15) is 4.40 Å². The lowest BCUT2D eigenvalue weighted by atomic mass is 9.84. The summed E-state index contributed by atoms with van der Waals surface area (Å²) in [5.74, 6) is 0.428. The van der Waals surface area contributed by atoms with Crippen molar-refractivity contribution in [2.75, 3.05) is 0 Å². The normalized spacial score (nSPS) is 19.6. The first-order valence-electron chi connectivity index (χ1n) is 6.51. The average molecular weight is 231 g/mol. The van der Waals surface area contributed by atoms with Crippen LogP contribution in [0.3, 0.4) is 0 Å². The maximum absolute atomic E-state index is 10.5. The number of aliphatic hydroxyl groups excluding tert-OH is 1. The zero-order valence-corrected chi connectivity index (χ0v) is 9.97. The van der Waals surface area contributed by atoms with Crippen LogP contribution in [0.1, 0.15) is 43.9 Å². The van der Waals surface area contributed by atoms with Crippen molar-refractivity contribution in [1.29, 1.82) is 0 Å². The lowest BCUT2D eigenvalue weighted by Gasteiger charge is -2.25. The van der Waals surface area contributed by atoms with E-state index < -0.39 is 0 Å². The van der Waals surface area contributed by atoms with Gasteiger partial charge in [0, 0.05) is 0 Å². The first kappa shape index (κ1) is 10.8. The molecule has 0 aliphatic heterocycles. The number of hydrogen-bond donors (Lipinski definition) is 2. The third-order valence-electron chi connectivity index (χ3n) is 3.92. The molecule has 1 saturated carbocycles. The highest BCUT2D eigenvalue weighted by Gasteiger charge is 2.26.